The Balaban J connectivity index is 2.09. The van der Waals surface area contributed by atoms with Crippen molar-refractivity contribution in [2.45, 2.75) is 39.0 Å². The van der Waals surface area contributed by atoms with Crippen molar-refractivity contribution in [3.05, 3.63) is 23.8 Å². The monoisotopic (exact) mass is 334 g/mol. The third kappa shape index (κ3) is 4.01. The van der Waals surface area contributed by atoms with Crippen LogP contribution in [0.25, 0.3) is 0 Å². The SMILES string of the molecule is COc1ccc(C(C)(C)C(=O)NCC2(C)CCNCC2)cc1OC. The number of hydrogen-bond acceptors (Lipinski definition) is 4. The van der Waals surface area contributed by atoms with Gasteiger partial charge in [0, 0.05) is 6.54 Å². The molecule has 1 aromatic carbocycles. The zero-order chi connectivity index (χ0) is 17.8. The second-order valence-electron chi connectivity index (χ2n) is 7.44. The minimum absolute atomic E-state index is 0.0366. The second-order valence-corrected chi connectivity index (χ2v) is 7.44. The van der Waals surface area contributed by atoms with Crippen LogP contribution in [-0.4, -0.2) is 39.8 Å². The normalized spacial score (nSPS) is 17.2. The van der Waals surface area contributed by atoms with Crippen molar-refractivity contribution >= 4 is 5.91 Å². The number of piperidine rings is 1. The Labute approximate surface area is 145 Å². The van der Waals surface area contributed by atoms with Crippen LogP contribution >= 0.6 is 0 Å². The Bertz CT molecular complexity index is 578. The van der Waals surface area contributed by atoms with E-state index < -0.39 is 5.41 Å². The van der Waals surface area contributed by atoms with Gasteiger partial charge in [-0.1, -0.05) is 13.0 Å². The lowest BCUT2D eigenvalue weighted by atomic mass is 9.79. The number of methoxy groups -OCH3 is 2. The van der Waals surface area contributed by atoms with Gasteiger partial charge in [-0.25, -0.2) is 0 Å². The average Bonchev–Trinajstić information content (AvgIpc) is 2.59. The Morgan fingerprint density at radius 1 is 1.21 bits per heavy atom. The number of nitrogens with one attached hydrogen (secondary N) is 2. The molecule has 5 nitrogen and oxygen atoms in total. The molecule has 2 N–H and O–H groups in total. The predicted octanol–water partition coefficient (Wildman–Crippen LogP) is 2.49. The number of ether oxygens (including phenoxy) is 2. The lowest BCUT2D eigenvalue weighted by molar-refractivity contribution is -0.126. The van der Waals surface area contributed by atoms with Crippen molar-refractivity contribution in [2.75, 3.05) is 33.9 Å². The van der Waals surface area contributed by atoms with Crippen molar-refractivity contribution in [3.8, 4) is 11.5 Å². The van der Waals surface area contributed by atoms with Crippen LogP contribution in [0.5, 0.6) is 11.5 Å². The molecule has 0 atom stereocenters. The van der Waals surface area contributed by atoms with E-state index in [1.54, 1.807) is 14.2 Å². The molecule has 134 valence electrons. The fourth-order valence-corrected chi connectivity index (χ4v) is 3.08. The van der Waals surface area contributed by atoms with E-state index in [2.05, 4.69) is 17.6 Å². The molecule has 5 heteroatoms. The molecule has 1 amide bonds. The van der Waals surface area contributed by atoms with E-state index in [0.29, 0.717) is 18.0 Å². The number of rotatable bonds is 6. The van der Waals surface area contributed by atoms with Gasteiger partial charge < -0.3 is 20.1 Å². The second kappa shape index (κ2) is 7.43. The highest BCUT2D eigenvalue weighted by Gasteiger charge is 2.33. The van der Waals surface area contributed by atoms with E-state index in [-0.39, 0.29) is 11.3 Å². The van der Waals surface area contributed by atoms with E-state index in [4.69, 9.17) is 9.47 Å². The largest absolute Gasteiger partial charge is 0.493 e. The van der Waals surface area contributed by atoms with Crippen molar-refractivity contribution in [3.63, 3.8) is 0 Å². The molecule has 0 aliphatic carbocycles. The smallest absolute Gasteiger partial charge is 0.230 e. The Kier molecular flexibility index (Phi) is 5.75. The minimum atomic E-state index is -0.636. The van der Waals surface area contributed by atoms with Gasteiger partial charge in [-0.15, -0.1) is 0 Å². The lowest BCUT2D eigenvalue weighted by Crippen LogP contribution is -2.47. The van der Waals surface area contributed by atoms with E-state index in [1.807, 2.05) is 32.0 Å². The van der Waals surface area contributed by atoms with Gasteiger partial charge in [-0.3, -0.25) is 4.79 Å². The molecular weight excluding hydrogens is 304 g/mol. The number of amides is 1. The summed E-state index contributed by atoms with van der Waals surface area (Å²) in [6.45, 7) is 8.88. The highest BCUT2D eigenvalue weighted by atomic mass is 16.5. The summed E-state index contributed by atoms with van der Waals surface area (Å²) >= 11 is 0. The first-order valence-corrected chi connectivity index (χ1v) is 8.54. The quantitative estimate of drug-likeness (QED) is 0.839. The number of benzene rings is 1. The Hall–Kier alpha value is -1.75. The van der Waals surface area contributed by atoms with Crippen molar-refractivity contribution in [1.29, 1.82) is 0 Å². The van der Waals surface area contributed by atoms with Gasteiger partial charge in [0.05, 0.1) is 19.6 Å². The van der Waals surface area contributed by atoms with Crippen LogP contribution in [-0.2, 0) is 10.2 Å². The van der Waals surface area contributed by atoms with Crippen LogP contribution in [0.3, 0.4) is 0 Å². The van der Waals surface area contributed by atoms with Crippen LogP contribution in [0.15, 0.2) is 18.2 Å². The van der Waals surface area contributed by atoms with Gasteiger partial charge in [0.15, 0.2) is 11.5 Å². The predicted molar refractivity (Wildman–Crippen MR) is 95.8 cm³/mol. The molecular formula is C19H30N2O3. The van der Waals surface area contributed by atoms with Crippen molar-refractivity contribution in [1.82, 2.24) is 10.6 Å². The van der Waals surface area contributed by atoms with E-state index in [0.717, 1.165) is 31.5 Å². The molecule has 0 bridgehead atoms. The summed E-state index contributed by atoms with van der Waals surface area (Å²) in [6, 6.07) is 5.65. The van der Waals surface area contributed by atoms with Crippen LogP contribution in [0.2, 0.25) is 0 Å². The van der Waals surface area contributed by atoms with Crippen LogP contribution in [0.4, 0.5) is 0 Å². The maximum Gasteiger partial charge on any atom is 0.230 e. The average molecular weight is 334 g/mol. The summed E-state index contributed by atoms with van der Waals surface area (Å²) in [6.07, 6.45) is 2.17. The molecule has 24 heavy (non-hydrogen) atoms. The third-order valence-corrected chi connectivity index (χ3v) is 5.16. The molecule has 1 aliphatic rings. The minimum Gasteiger partial charge on any atom is -0.493 e. The first-order chi connectivity index (χ1) is 11.3. The standard InChI is InChI=1S/C19H30N2O3/c1-18(2,14-6-7-15(23-4)16(12-14)24-5)17(22)21-13-19(3)8-10-20-11-9-19/h6-7,12,20H,8-11,13H2,1-5H3,(H,21,22). The van der Waals surface area contributed by atoms with Gasteiger partial charge in [-0.2, -0.15) is 0 Å². The van der Waals surface area contributed by atoms with Crippen LogP contribution < -0.4 is 20.1 Å². The fourth-order valence-electron chi connectivity index (χ4n) is 3.08. The topological polar surface area (TPSA) is 59.6 Å². The molecule has 1 aromatic rings. The number of hydrogen-bond donors (Lipinski definition) is 2. The first-order valence-electron chi connectivity index (χ1n) is 8.54. The molecule has 1 heterocycles. The highest BCUT2D eigenvalue weighted by Crippen LogP contribution is 2.34. The molecule has 1 fully saturated rings. The van der Waals surface area contributed by atoms with Gasteiger partial charge in [-0.05, 0) is 62.9 Å². The first kappa shape index (κ1) is 18.6. The summed E-state index contributed by atoms with van der Waals surface area (Å²) in [5.74, 6) is 1.34. The van der Waals surface area contributed by atoms with Crippen molar-refractivity contribution in [2.24, 2.45) is 5.41 Å². The van der Waals surface area contributed by atoms with Crippen LogP contribution in [0, 0.1) is 5.41 Å². The number of carbonyl (C=O) groups excluding carboxylic acids is 1. The molecule has 2 rings (SSSR count). The zero-order valence-electron chi connectivity index (χ0n) is 15.5. The van der Waals surface area contributed by atoms with Gasteiger partial charge in [0.25, 0.3) is 0 Å². The third-order valence-electron chi connectivity index (χ3n) is 5.16. The molecule has 0 radical (unpaired) electrons. The maximum atomic E-state index is 12.8. The maximum absolute atomic E-state index is 12.8. The molecule has 0 unspecified atom stereocenters. The van der Waals surface area contributed by atoms with Gasteiger partial charge in [0.1, 0.15) is 0 Å². The highest BCUT2D eigenvalue weighted by molar-refractivity contribution is 5.87. The van der Waals surface area contributed by atoms with Gasteiger partial charge >= 0.3 is 0 Å². The molecule has 1 aliphatic heterocycles. The Morgan fingerprint density at radius 3 is 2.42 bits per heavy atom. The van der Waals surface area contributed by atoms with Crippen molar-refractivity contribution < 1.29 is 14.3 Å². The zero-order valence-corrected chi connectivity index (χ0v) is 15.5. The summed E-state index contributed by atoms with van der Waals surface area (Å²) in [5, 5.41) is 6.53. The summed E-state index contributed by atoms with van der Waals surface area (Å²) in [5.41, 5.74) is 0.449. The fraction of sp³-hybridized carbons (Fsp3) is 0.632. The van der Waals surface area contributed by atoms with Crippen LogP contribution in [0.1, 0.15) is 39.2 Å². The van der Waals surface area contributed by atoms with Gasteiger partial charge in [0.2, 0.25) is 5.91 Å². The van der Waals surface area contributed by atoms with E-state index >= 15 is 0 Å². The van der Waals surface area contributed by atoms with E-state index in [1.165, 1.54) is 0 Å². The lowest BCUT2D eigenvalue weighted by Gasteiger charge is -2.35. The summed E-state index contributed by atoms with van der Waals surface area (Å²) in [7, 11) is 3.21. The molecule has 0 spiro atoms. The molecule has 1 saturated heterocycles. The summed E-state index contributed by atoms with van der Waals surface area (Å²) < 4.78 is 10.6. The van der Waals surface area contributed by atoms with E-state index in [9.17, 15) is 4.79 Å². The molecule has 0 saturated carbocycles. The summed E-state index contributed by atoms with van der Waals surface area (Å²) in [4.78, 5) is 12.8. The number of carbonyl (C=O) groups is 1. The Morgan fingerprint density at radius 2 is 1.83 bits per heavy atom. The molecule has 0 aromatic heterocycles.